The molecule has 0 spiro atoms. The van der Waals surface area contributed by atoms with Crippen LogP contribution in [-0.4, -0.2) is 36.7 Å². The lowest BCUT2D eigenvalue weighted by Gasteiger charge is -2.10. The van der Waals surface area contributed by atoms with Gasteiger partial charge in [0.2, 0.25) is 0 Å². The minimum atomic E-state index is 0.0184. The number of fused-ring (bicyclic) bond motifs is 1. The number of hydrogen-bond donors (Lipinski definition) is 2. The Labute approximate surface area is 159 Å². The van der Waals surface area contributed by atoms with E-state index in [0.717, 1.165) is 45.6 Å². The van der Waals surface area contributed by atoms with E-state index in [4.69, 9.17) is 0 Å². The maximum absolute atomic E-state index is 12.5. The number of H-pyrrole nitrogens is 1. The van der Waals surface area contributed by atoms with Gasteiger partial charge in [0.25, 0.3) is 5.91 Å². The Morgan fingerprint density at radius 1 is 1.19 bits per heavy atom. The lowest BCUT2D eigenvalue weighted by atomic mass is 10.1. The predicted molar refractivity (Wildman–Crippen MR) is 104 cm³/mol. The Hall–Kier alpha value is -3.00. The second-order valence-electron chi connectivity index (χ2n) is 6.81. The lowest BCUT2D eigenvalue weighted by molar-refractivity contribution is 0.0942. The van der Waals surface area contributed by atoms with Crippen molar-refractivity contribution in [3.8, 4) is 22.3 Å². The van der Waals surface area contributed by atoms with Crippen molar-refractivity contribution in [1.29, 1.82) is 0 Å². The number of aromatic nitrogens is 5. The third kappa shape index (κ3) is 3.02. The van der Waals surface area contributed by atoms with Crippen LogP contribution in [0.5, 0.6) is 0 Å². The average Bonchev–Trinajstić information content (AvgIpc) is 3.47. The van der Waals surface area contributed by atoms with Gasteiger partial charge in [0.05, 0.1) is 17.3 Å². The highest BCUT2D eigenvalue weighted by Gasteiger charge is 2.20. The Morgan fingerprint density at radius 2 is 2.07 bits per heavy atom. The summed E-state index contributed by atoms with van der Waals surface area (Å²) in [5.41, 5.74) is 4.55. The molecule has 0 unspecified atom stereocenters. The van der Waals surface area contributed by atoms with Crippen molar-refractivity contribution in [2.45, 2.75) is 31.7 Å². The van der Waals surface area contributed by atoms with Crippen LogP contribution in [0, 0.1) is 0 Å². The zero-order valence-corrected chi connectivity index (χ0v) is 15.4. The molecule has 2 N–H and O–H groups in total. The van der Waals surface area contributed by atoms with Crippen molar-refractivity contribution in [3.63, 3.8) is 0 Å². The molecular formula is C19H18N6OS. The summed E-state index contributed by atoms with van der Waals surface area (Å²) < 4.78 is 1.76. The minimum Gasteiger partial charge on any atom is -0.349 e. The number of amides is 1. The molecule has 1 fully saturated rings. The molecule has 0 bridgehead atoms. The van der Waals surface area contributed by atoms with E-state index in [1.165, 1.54) is 24.2 Å². The molecule has 4 heterocycles. The van der Waals surface area contributed by atoms with E-state index >= 15 is 0 Å². The molecule has 0 saturated heterocycles. The maximum atomic E-state index is 12.5. The zero-order chi connectivity index (χ0) is 18.2. The molecule has 1 saturated carbocycles. The molecule has 1 aliphatic rings. The molecule has 0 aliphatic heterocycles. The van der Waals surface area contributed by atoms with Crippen molar-refractivity contribution >= 4 is 22.9 Å². The van der Waals surface area contributed by atoms with Crippen LogP contribution in [0.2, 0.25) is 0 Å². The van der Waals surface area contributed by atoms with Crippen molar-refractivity contribution in [3.05, 3.63) is 47.3 Å². The number of carbonyl (C=O) groups excluding carboxylic acids is 1. The third-order valence-corrected chi connectivity index (χ3v) is 5.94. The highest BCUT2D eigenvalue weighted by atomic mass is 32.1. The smallest absolute Gasteiger partial charge is 0.261 e. The standard InChI is InChI=1S/C19H18N6OS/c26-19(24-15-3-1-2-4-15)17-5-12(11-27-17)16-9-23-25-10-14(6-20-18(16)25)13-7-21-22-8-13/h5-11,15H,1-4H2,(H,21,22)(H,24,26). The molecular weight excluding hydrogens is 360 g/mol. The van der Waals surface area contributed by atoms with Gasteiger partial charge in [-0.15, -0.1) is 11.3 Å². The van der Waals surface area contributed by atoms with Crippen LogP contribution in [0.4, 0.5) is 0 Å². The van der Waals surface area contributed by atoms with Crippen molar-refractivity contribution in [2.24, 2.45) is 0 Å². The van der Waals surface area contributed by atoms with E-state index in [1.54, 1.807) is 16.9 Å². The van der Waals surface area contributed by atoms with E-state index in [2.05, 4.69) is 25.6 Å². The summed E-state index contributed by atoms with van der Waals surface area (Å²) in [5, 5.41) is 16.3. The van der Waals surface area contributed by atoms with Crippen LogP contribution in [0.25, 0.3) is 27.9 Å². The van der Waals surface area contributed by atoms with Crippen molar-refractivity contribution in [2.75, 3.05) is 0 Å². The molecule has 0 radical (unpaired) electrons. The Morgan fingerprint density at radius 3 is 2.89 bits per heavy atom. The van der Waals surface area contributed by atoms with Crippen LogP contribution < -0.4 is 5.32 Å². The molecule has 1 amide bonds. The fraction of sp³-hybridized carbons (Fsp3) is 0.263. The second-order valence-corrected chi connectivity index (χ2v) is 7.72. The predicted octanol–water partition coefficient (Wildman–Crippen LogP) is 3.52. The quantitative estimate of drug-likeness (QED) is 0.569. The van der Waals surface area contributed by atoms with Crippen molar-refractivity contribution in [1.82, 2.24) is 30.1 Å². The van der Waals surface area contributed by atoms with Gasteiger partial charge in [0.1, 0.15) is 0 Å². The van der Waals surface area contributed by atoms with Crippen LogP contribution in [0.15, 0.2) is 42.4 Å². The topological polar surface area (TPSA) is 88.0 Å². The summed E-state index contributed by atoms with van der Waals surface area (Å²) in [5.74, 6) is 0.0184. The number of thiophene rings is 1. The molecule has 7 nitrogen and oxygen atoms in total. The highest BCUT2D eigenvalue weighted by Crippen LogP contribution is 2.29. The first-order valence-corrected chi connectivity index (χ1v) is 9.88. The van der Waals surface area contributed by atoms with Crippen LogP contribution >= 0.6 is 11.3 Å². The first kappa shape index (κ1) is 16.2. The van der Waals surface area contributed by atoms with Gasteiger partial charge in [-0.3, -0.25) is 9.89 Å². The van der Waals surface area contributed by atoms with Crippen molar-refractivity contribution < 1.29 is 4.79 Å². The van der Waals surface area contributed by atoms with Gasteiger partial charge in [-0.2, -0.15) is 10.2 Å². The van der Waals surface area contributed by atoms with Gasteiger partial charge in [-0.25, -0.2) is 9.50 Å². The van der Waals surface area contributed by atoms with Gasteiger partial charge in [0.15, 0.2) is 5.65 Å². The molecule has 1 aliphatic carbocycles. The number of rotatable bonds is 4. The van der Waals surface area contributed by atoms with Crippen LogP contribution in [-0.2, 0) is 0 Å². The Kier molecular flexibility index (Phi) is 3.97. The summed E-state index contributed by atoms with van der Waals surface area (Å²) in [6.45, 7) is 0. The highest BCUT2D eigenvalue weighted by molar-refractivity contribution is 7.12. The van der Waals surface area contributed by atoms with E-state index in [9.17, 15) is 4.79 Å². The van der Waals surface area contributed by atoms with E-state index in [-0.39, 0.29) is 5.91 Å². The fourth-order valence-electron chi connectivity index (χ4n) is 3.56. The first-order valence-electron chi connectivity index (χ1n) is 9.00. The molecule has 136 valence electrons. The summed E-state index contributed by atoms with van der Waals surface area (Å²) in [4.78, 5) is 17.8. The zero-order valence-electron chi connectivity index (χ0n) is 14.6. The average molecular weight is 378 g/mol. The Balaban J connectivity index is 1.42. The summed E-state index contributed by atoms with van der Waals surface area (Å²) in [6.07, 6.45) is 13.7. The normalized spacial score (nSPS) is 14.8. The van der Waals surface area contributed by atoms with E-state index < -0.39 is 0 Å². The second kappa shape index (κ2) is 6.62. The number of aromatic amines is 1. The van der Waals surface area contributed by atoms with E-state index in [1.807, 2.05) is 30.0 Å². The third-order valence-electron chi connectivity index (χ3n) is 5.01. The molecule has 0 aromatic carbocycles. The SMILES string of the molecule is O=C(NC1CCCC1)c1cc(-c2cnn3cc(-c4cn[nH]c4)cnc23)cs1. The molecule has 27 heavy (non-hydrogen) atoms. The van der Waals surface area contributed by atoms with Gasteiger partial charge < -0.3 is 5.32 Å². The number of hydrogen-bond acceptors (Lipinski definition) is 5. The Bertz CT molecular complexity index is 1090. The van der Waals surface area contributed by atoms with Crippen LogP contribution in [0.3, 0.4) is 0 Å². The number of nitrogens with zero attached hydrogens (tertiary/aromatic N) is 4. The van der Waals surface area contributed by atoms with Gasteiger partial charge in [-0.05, 0) is 29.9 Å². The largest absolute Gasteiger partial charge is 0.349 e. The van der Waals surface area contributed by atoms with Crippen LogP contribution in [0.1, 0.15) is 35.4 Å². The first-order chi connectivity index (χ1) is 13.3. The number of carbonyl (C=O) groups is 1. The molecule has 8 heteroatoms. The molecule has 5 rings (SSSR count). The van der Waals surface area contributed by atoms with E-state index in [0.29, 0.717) is 6.04 Å². The summed E-state index contributed by atoms with van der Waals surface area (Å²) >= 11 is 1.46. The molecule has 4 aromatic rings. The number of nitrogens with one attached hydrogen (secondary N) is 2. The van der Waals surface area contributed by atoms with Gasteiger partial charge in [0, 0.05) is 41.3 Å². The monoisotopic (exact) mass is 378 g/mol. The summed E-state index contributed by atoms with van der Waals surface area (Å²) in [7, 11) is 0. The minimum absolute atomic E-state index is 0.0184. The lowest BCUT2D eigenvalue weighted by Crippen LogP contribution is -2.31. The molecule has 0 atom stereocenters. The fourth-order valence-corrected chi connectivity index (χ4v) is 4.37. The van der Waals surface area contributed by atoms with Gasteiger partial charge in [-0.1, -0.05) is 12.8 Å². The van der Waals surface area contributed by atoms with Gasteiger partial charge >= 0.3 is 0 Å². The maximum Gasteiger partial charge on any atom is 0.261 e. The molecule has 4 aromatic heterocycles. The summed E-state index contributed by atoms with van der Waals surface area (Å²) in [6, 6.07) is 2.25.